The lowest BCUT2D eigenvalue weighted by atomic mass is 9.98. The quantitative estimate of drug-likeness (QED) is 0.491. The smallest absolute Gasteiger partial charge is 0.256 e. The summed E-state index contributed by atoms with van der Waals surface area (Å²) in [7, 11) is 0. The number of rotatable bonds is 7. The molecule has 0 unspecified atom stereocenters. The van der Waals surface area contributed by atoms with E-state index in [2.05, 4.69) is 11.9 Å². The van der Waals surface area contributed by atoms with Gasteiger partial charge in [0, 0.05) is 22.9 Å². The number of carbonyl (C=O) groups excluding carboxylic acids is 2. The molecule has 134 valence electrons. The molecule has 0 saturated carbocycles. The Balaban J connectivity index is 1.84. The summed E-state index contributed by atoms with van der Waals surface area (Å²) in [5.41, 5.74) is 1.81. The van der Waals surface area contributed by atoms with Gasteiger partial charge in [0.15, 0.2) is 5.78 Å². The van der Waals surface area contributed by atoms with Crippen LogP contribution in [0.5, 0.6) is 5.75 Å². The molecule has 3 aromatic carbocycles. The van der Waals surface area contributed by atoms with Crippen molar-refractivity contribution in [1.29, 1.82) is 0 Å². The van der Waals surface area contributed by atoms with E-state index in [0.717, 1.165) is 0 Å². The van der Waals surface area contributed by atoms with E-state index in [1.165, 1.54) is 0 Å². The fourth-order valence-electron chi connectivity index (χ4n) is 2.64. The number of nitrogens with one attached hydrogen (secondary N) is 1. The van der Waals surface area contributed by atoms with Crippen molar-refractivity contribution in [3.05, 3.63) is 108 Å². The second-order valence-electron chi connectivity index (χ2n) is 5.82. The van der Waals surface area contributed by atoms with Gasteiger partial charge in [-0.1, -0.05) is 67.3 Å². The molecule has 0 atom stereocenters. The van der Waals surface area contributed by atoms with E-state index in [-0.39, 0.29) is 11.7 Å². The number of hydrogen-bond acceptors (Lipinski definition) is 3. The predicted octanol–water partition coefficient (Wildman–Crippen LogP) is 4.73. The molecule has 1 N–H and O–H groups in total. The minimum Gasteiger partial charge on any atom is -0.489 e. The van der Waals surface area contributed by atoms with Crippen molar-refractivity contribution < 1.29 is 14.3 Å². The highest BCUT2D eigenvalue weighted by Gasteiger charge is 2.18. The molecule has 0 heterocycles. The Labute approximate surface area is 158 Å². The fraction of sp³-hybridized carbons (Fsp3) is 0.0435. The molecule has 3 rings (SSSR count). The molecule has 27 heavy (non-hydrogen) atoms. The van der Waals surface area contributed by atoms with Gasteiger partial charge in [-0.25, -0.2) is 0 Å². The van der Waals surface area contributed by atoms with Gasteiger partial charge >= 0.3 is 0 Å². The fourth-order valence-corrected chi connectivity index (χ4v) is 2.64. The number of amides is 1. The van der Waals surface area contributed by atoms with E-state index in [1.54, 1.807) is 78.9 Å². The van der Waals surface area contributed by atoms with Gasteiger partial charge in [-0.05, 0) is 18.2 Å². The zero-order valence-corrected chi connectivity index (χ0v) is 14.7. The topological polar surface area (TPSA) is 55.4 Å². The van der Waals surface area contributed by atoms with Gasteiger partial charge in [0.2, 0.25) is 0 Å². The molecule has 0 radical (unpaired) electrons. The van der Waals surface area contributed by atoms with Gasteiger partial charge in [0.25, 0.3) is 5.91 Å². The van der Waals surface area contributed by atoms with Crippen LogP contribution in [0.4, 0.5) is 5.69 Å². The van der Waals surface area contributed by atoms with Crippen molar-refractivity contribution in [3.63, 3.8) is 0 Å². The second-order valence-corrected chi connectivity index (χ2v) is 5.82. The summed E-state index contributed by atoms with van der Waals surface area (Å²) in [5, 5.41) is 2.82. The zero-order chi connectivity index (χ0) is 19.1. The van der Waals surface area contributed by atoms with Crippen LogP contribution in [-0.2, 0) is 0 Å². The highest BCUT2D eigenvalue weighted by molar-refractivity contribution is 6.17. The number of ketones is 1. The molecule has 0 spiro atoms. The number of anilines is 1. The molecule has 1 amide bonds. The van der Waals surface area contributed by atoms with Crippen LogP contribution in [0.25, 0.3) is 0 Å². The molecular weight excluding hydrogens is 338 g/mol. The van der Waals surface area contributed by atoms with E-state index in [1.807, 2.05) is 6.07 Å². The van der Waals surface area contributed by atoms with Gasteiger partial charge in [0.05, 0.1) is 5.56 Å². The van der Waals surface area contributed by atoms with Gasteiger partial charge in [0.1, 0.15) is 12.4 Å². The molecular formula is C23H19NO3. The molecule has 3 aromatic rings. The summed E-state index contributed by atoms with van der Waals surface area (Å²) in [5.74, 6) is 0.0847. The standard InChI is InChI=1S/C23H19NO3/c1-2-15-27-19-12-8-11-18(16-19)24-23(26)21-14-7-6-13-20(21)22(25)17-9-4-3-5-10-17/h2-14,16H,1,15H2,(H,24,26). The Hall–Kier alpha value is -3.66. The highest BCUT2D eigenvalue weighted by atomic mass is 16.5. The molecule has 0 aliphatic heterocycles. The summed E-state index contributed by atoms with van der Waals surface area (Å²) in [6.07, 6.45) is 1.65. The summed E-state index contributed by atoms with van der Waals surface area (Å²) in [4.78, 5) is 25.6. The van der Waals surface area contributed by atoms with E-state index >= 15 is 0 Å². The lowest BCUT2D eigenvalue weighted by Gasteiger charge is -2.11. The molecule has 0 aliphatic rings. The molecule has 0 saturated heterocycles. The first-order chi connectivity index (χ1) is 13.2. The Bertz CT molecular complexity index is 964. The van der Waals surface area contributed by atoms with Crippen molar-refractivity contribution in [2.45, 2.75) is 0 Å². The SMILES string of the molecule is C=CCOc1cccc(NC(=O)c2ccccc2C(=O)c2ccccc2)c1. The van der Waals surface area contributed by atoms with Crippen molar-refractivity contribution in [1.82, 2.24) is 0 Å². The molecule has 0 bridgehead atoms. The van der Waals surface area contributed by atoms with Gasteiger partial charge in [-0.15, -0.1) is 0 Å². The van der Waals surface area contributed by atoms with Crippen LogP contribution in [0.15, 0.2) is 91.5 Å². The molecule has 0 aromatic heterocycles. The minimum atomic E-state index is -0.351. The van der Waals surface area contributed by atoms with E-state index in [0.29, 0.717) is 34.7 Å². The highest BCUT2D eigenvalue weighted by Crippen LogP contribution is 2.20. The third-order valence-electron chi connectivity index (χ3n) is 3.91. The largest absolute Gasteiger partial charge is 0.489 e. The second kappa shape index (κ2) is 8.63. The van der Waals surface area contributed by atoms with Gasteiger partial charge in [-0.2, -0.15) is 0 Å². The number of benzene rings is 3. The van der Waals surface area contributed by atoms with Crippen molar-refractivity contribution >= 4 is 17.4 Å². The first-order valence-corrected chi connectivity index (χ1v) is 8.53. The van der Waals surface area contributed by atoms with Gasteiger partial charge in [-0.3, -0.25) is 9.59 Å². The summed E-state index contributed by atoms with van der Waals surface area (Å²) in [6, 6.07) is 22.8. The maximum absolute atomic E-state index is 12.8. The van der Waals surface area contributed by atoms with Crippen LogP contribution in [-0.4, -0.2) is 18.3 Å². The lowest BCUT2D eigenvalue weighted by Crippen LogP contribution is -2.17. The first kappa shape index (κ1) is 18.1. The van der Waals surface area contributed by atoms with Crippen molar-refractivity contribution in [3.8, 4) is 5.75 Å². The van der Waals surface area contributed by atoms with Crippen molar-refractivity contribution in [2.24, 2.45) is 0 Å². The number of carbonyl (C=O) groups is 2. The van der Waals surface area contributed by atoms with Crippen LogP contribution in [0.2, 0.25) is 0 Å². The predicted molar refractivity (Wildman–Crippen MR) is 106 cm³/mol. The van der Waals surface area contributed by atoms with Crippen LogP contribution in [0.3, 0.4) is 0 Å². The van der Waals surface area contributed by atoms with Crippen LogP contribution >= 0.6 is 0 Å². The Morgan fingerprint density at radius 3 is 2.33 bits per heavy atom. The summed E-state index contributed by atoms with van der Waals surface area (Å²) < 4.78 is 5.48. The van der Waals surface area contributed by atoms with Crippen LogP contribution in [0, 0.1) is 0 Å². The van der Waals surface area contributed by atoms with Crippen LogP contribution in [0.1, 0.15) is 26.3 Å². The van der Waals surface area contributed by atoms with Crippen molar-refractivity contribution in [2.75, 3.05) is 11.9 Å². The maximum atomic E-state index is 12.8. The Kier molecular flexibility index (Phi) is 5.80. The van der Waals surface area contributed by atoms with Crippen LogP contribution < -0.4 is 10.1 Å². The number of hydrogen-bond donors (Lipinski definition) is 1. The average molecular weight is 357 g/mol. The lowest BCUT2D eigenvalue weighted by molar-refractivity contribution is 0.0996. The summed E-state index contributed by atoms with van der Waals surface area (Å²) >= 11 is 0. The Morgan fingerprint density at radius 2 is 1.59 bits per heavy atom. The average Bonchev–Trinajstić information content (AvgIpc) is 2.72. The maximum Gasteiger partial charge on any atom is 0.256 e. The van der Waals surface area contributed by atoms with E-state index in [4.69, 9.17) is 4.74 Å². The first-order valence-electron chi connectivity index (χ1n) is 8.53. The van der Waals surface area contributed by atoms with Gasteiger partial charge < -0.3 is 10.1 Å². The normalized spacial score (nSPS) is 10.1. The minimum absolute atomic E-state index is 0.190. The Morgan fingerprint density at radius 1 is 0.889 bits per heavy atom. The molecule has 0 fully saturated rings. The summed E-state index contributed by atoms with van der Waals surface area (Å²) in [6.45, 7) is 3.99. The molecule has 4 heteroatoms. The van der Waals surface area contributed by atoms with E-state index < -0.39 is 0 Å². The monoisotopic (exact) mass is 357 g/mol. The third-order valence-corrected chi connectivity index (χ3v) is 3.91. The third kappa shape index (κ3) is 4.50. The molecule has 4 nitrogen and oxygen atoms in total. The van der Waals surface area contributed by atoms with E-state index in [9.17, 15) is 9.59 Å². The zero-order valence-electron chi connectivity index (χ0n) is 14.7. The molecule has 0 aliphatic carbocycles. The number of ether oxygens (including phenoxy) is 1.